The molecule has 0 aliphatic rings. The summed E-state index contributed by atoms with van der Waals surface area (Å²) in [7, 11) is -4.54. The van der Waals surface area contributed by atoms with Crippen LogP contribution >= 0.6 is 0 Å². The van der Waals surface area contributed by atoms with Crippen LogP contribution in [-0.4, -0.2) is 24.3 Å². The van der Waals surface area contributed by atoms with E-state index in [2.05, 4.69) is 9.28 Å². The zero-order chi connectivity index (χ0) is 24.8. The highest BCUT2D eigenvalue weighted by atomic mass is 32.2. The lowest BCUT2D eigenvalue weighted by atomic mass is 9.87. The average molecular weight is 481 g/mol. The molecule has 33 heavy (non-hydrogen) atoms. The van der Waals surface area contributed by atoms with E-state index in [4.69, 9.17) is 5.73 Å². The van der Waals surface area contributed by atoms with Crippen molar-refractivity contribution in [2.24, 2.45) is 5.73 Å². The van der Waals surface area contributed by atoms with Gasteiger partial charge in [0.2, 0.25) is 0 Å². The predicted octanol–water partition coefficient (Wildman–Crippen LogP) is 4.95. The van der Waals surface area contributed by atoms with Crippen molar-refractivity contribution in [3.8, 4) is 16.9 Å². The maximum atomic E-state index is 13.5. The molecule has 0 saturated heterocycles. The lowest BCUT2D eigenvalue weighted by Crippen LogP contribution is -2.23. The van der Waals surface area contributed by atoms with Crippen molar-refractivity contribution in [1.82, 2.24) is 9.78 Å². The van der Waals surface area contributed by atoms with Crippen molar-refractivity contribution in [1.29, 1.82) is 0 Å². The number of hydrogen-bond acceptors (Lipinski definition) is 5. The molecule has 176 valence electrons. The molecule has 0 spiro atoms. The summed E-state index contributed by atoms with van der Waals surface area (Å²) in [5.41, 5.74) is 5.00. The van der Waals surface area contributed by atoms with Gasteiger partial charge in [0.1, 0.15) is 4.90 Å². The first-order chi connectivity index (χ1) is 15.1. The second kappa shape index (κ2) is 8.22. The minimum absolute atomic E-state index is 0.172. The van der Waals surface area contributed by atoms with Gasteiger partial charge in [-0.25, -0.2) is 9.48 Å². The number of nitrogens with zero attached hydrogens (tertiary/aromatic N) is 2. The molecule has 0 radical (unpaired) electrons. The number of aryl methyl sites for hydroxylation is 1. The van der Waals surface area contributed by atoms with Gasteiger partial charge in [-0.3, -0.25) is 0 Å². The summed E-state index contributed by atoms with van der Waals surface area (Å²) in [6, 6.07) is 11.7. The summed E-state index contributed by atoms with van der Waals surface area (Å²) < 4.78 is 70.9. The van der Waals surface area contributed by atoms with E-state index in [-0.39, 0.29) is 21.8 Å². The monoisotopic (exact) mass is 481 g/mol. The molecule has 11 heteroatoms. The fourth-order valence-electron chi connectivity index (χ4n) is 3.25. The van der Waals surface area contributed by atoms with Gasteiger partial charge in [-0.1, -0.05) is 50.6 Å². The Hall–Kier alpha value is -3.34. The van der Waals surface area contributed by atoms with Gasteiger partial charge in [-0.05, 0) is 42.2 Å². The smallest absolute Gasteiger partial charge is 0.334 e. The molecule has 3 aromatic rings. The lowest BCUT2D eigenvalue weighted by Gasteiger charge is -2.23. The van der Waals surface area contributed by atoms with Gasteiger partial charge in [0, 0.05) is 5.56 Å². The van der Waals surface area contributed by atoms with E-state index in [0.717, 1.165) is 22.4 Å². The summed E-state index contributed by atoms with van der Waals surface area (Å²) in [6.07, 6.45) is -6.18. The molecule has 0 aliphatic heterocycles. The number of carbonyl (C=O) groups excluding carboxylic acids is 1. The fourth-order valence-corrected chi connectivity index (χ4v) is 4.43. The summed E-state index contributed by atoms with van der Waals surface area (Å²) >= 11 is 0. The summed E-state index contributed by atoms with van der Waals surface area (Å²) in [6.45, 7) is 6.98. The Morgan fingerprint density at radius 2 is 1.64 bits per heavy atom. The van der Waals surface area contributed by atoms with Crippen molar-refractivity contribution in [2.45, 2.75) is 44.2 Å². The van der Waals surface area contributed by atoms with E-state index in [1.807, 2.05) is 6.92 Å². The van der Waals surface area contributed by atoms with Crippen molar-refractivity contribution in [2.75, 3.05) is 0 Å². The highest BCUT2D eigenvalue weighted by molar-refractivity contribution is 7.87. The molecule has 0 aliphatic carbocycles. The number of hydrogen-bond donors (Lipinski definition) is 1. The van der Waals surface area contributed by atoms with Gasteiger partial charge in [-0.15, -0.1) is 0 Å². The normalized spacial score (nSPS) is 12.6. The van der Waals surface area contributed by atoms with Gasteiger partial charge in [0.15, 0.2) is 5.69 Å². The standard InChI is InChI=1S/C22H22F3N3O4S/c1-13-5-7-14(8-6-13)17-12-19(22(23,24)25)27-28(17)15-9-10-18(16(11-15)21(2,3)4)33(30,31)32-20(26)29/h5-12H,1-4H3,(H2,26,29). The molecule has 7 nitrogen and oxygen atoms in total. The average Bonchev–Trinajstić information content (AvgIpc) is 3.12. The zero-order valence-electron chi connectivity index (χ0n) is 18.3. The summed E-state index contributed by atoms with van der Waals surface area (Å²) in [5, 5.41) is 3.75. The number of primary amides is 1. The molecule has 1 aromatic heterocycles. The van der Waals surface area contributed by atoms with Crippen molar-refractivity contribution >= 4 is 16.2 Å². The lowest BCUT2D eigenvalue weighted by molar-refractivity contribution is -0.141. The van der Waals surface area contributed by atoms with Crippen LogP contribution in [0.1, 0.15) is 37.6 Å². The number of carbonyl (C=O) groups is 1. The third-order valence-electron chi connectivity index (χ3n) is 4.82. The number of nitrogens with two attached hydrogens (primary N) is 1. The Morgan fingerprint density at radius 1 is 1.03 bits per heavy atom. The van der Waals surface area contributed by atoms with E-state index in [9.17, 15) is 26.4 Å². The van der Waals surface area contributed by atoms with E-state index in [1.165, 1.54) is 12.1 Å². The summed E-state index contributed by atoms with van der Waals surface area (Å²) in [4.78, 5) is 10.7. The number of rotatable bonds is 4. The van der Waals surface area contributed by atoms with Gasteiger partial charge in [-0.2, -0.15) is 26.7 Å². The minimum Gasteiger partial charge on any atom is -0.334 e. The second-order valence-corrected chi connectivity index (χ2v) is 9.99. The zero-order valence-corrected chi connectivity index (χ0v) is 19.1. The number of alkyl halides is 3. The van der Waals surface area contributed by atoms with Crippen molar-refractivity contribution in [3.63, 3.8) is 0 Å². The highest BCUT2D eigenvalue weighted by Gasteiger charge is 2.36. The van der Waals surface area contributed by atoms with Gasteiger partial charge >= 0.3 is 22.4 Å². The van der Waals surface area contributed by atoms with Crippen LogP contribution in [0.15, 0.2) is 53.4 Å². The highest BCUT2D eigenvalue weighted by Crippen LogP contribution is 2.36. The molecule has 0 fully saturated rings. The molecule has 2 aromatic carbocycles. The van der Waals surface area contributed by atoms with Crippen LogP contribution in [0, 0.1) is 6.92 Å². The predicted molar refractivity (Wildman–Crippen MR) is 115 cm³/mol. The maximum absolute atomic E-state index is 13.5. The van der Waals surface area contributed by atoms with Crippen molar-refractivity contribution in [3.05, 3.63) is 65.4 Å². The number of aromatic nitrogens is 2. The molecule has 2 N–H and O–H groups in total. The number of benzene rings is 2. The Morgan fingerprint density at radius 3 is 2.15 bits per heavy atom. The SMILES string of the molecule is Cc1ccc(-c2cc(C(F)(F)F)nn2-c2ccc(S(=O)(=O)OC(N)=O)c(C(C)(C)C)c2)cc1. The molecule has 1 heterocycles. The molecule has 0 unspecified atom stereocenters. The van der Waals surface area contributed by atoms with E-state index < -0.39 is 33.5 Å². The molecule has 0 saturated carbocycles. The van der Waals surface area contributed by atoms with Crippen LogP contribution in [0.2, 0.25) is 0 Å². The van der Waals surface area contributed by atoms with Gasteiger partial charge in [0.05, 0.1) is 11.4 Å². The topological polar surface area (TPSA) is 104 Å². The third kappa shape index (κ3) is 5.19. The Kier molecular flexibility index (Phi) is 6.05. The Labute approximate surface area is 189 Å². The number of halogens is 3. The largest absolute Gasteiger partial charge is 0.435 e. The van der Waals surface area contributed by atoms with Crippen molar-refractivity contribution < 1.29 is 30.6 Å². The van der Waals surface area contributed by atoms with Gasteiger partial charge < -0.3 is 9.92 Å². The first-order valence-electron chi connectivity index (χ1n) is 9.73. The summed E-state index contributed by atoms with van der Waals surface area (Å²) in [5.74, 6) is 0. The molecule has 0 bridgehead atoms. The third-order valence-corrected chi connectivity index (χ3v) is 6.10. The van der Waals surface area contributed by atoms with E-state index in [0.29, 0.717) is 5.56 Å². The fraction of sp³-hybridized carbons (Fsp3) is 0.273. The van der Waals surface area contributed by atoms with Crippen LogP contribution in [0.25, 0.3) is 16.9 Å². The Bertz CT molecular complexity index is 1310. The van der Waals surface area contributed by atoms with Crippen LogP contribution in [-0.2, 0) is 25.9 Å². The van der Waals surface area contributed by atoms with Crippen LogP contribution in [0.5, 0.6) is 0 Å². The van der Waals surface area contributed by atoms with E-state index in [1.54, 1.807) is 45.0 Å². The molecule has 1 amide bonds. The molecule has 0 atom stereocenters. The molecule has 3 rings (SSSR count). The first-order valence-corrected chi connectivity index (χ1v) is 11.1. The first kappa shape index (κ1) is 24.3. The quantitative estimate of drug-likeness (QED) is 0.531. The number of amides is 1. The van der Waals surface area contributed by atoms with Crippen LogP contribution < -0.4 is 5.73 Å². The maximum Gasteiger partial charge on any atom is 0.435 e. The molecular formula is C22H22F3N3O4S. The second-order valence-electron chi connectivity index (χ2n) is 8.48. The van der Waals surface area contributed by atoms with E-state index >= 15 is 0 Å². The Balaban J connectivity index is 2.27. The van der Waals surface area contributed by atoms with Gasteiger partial charge in [0.25, 0.3) is 0 Å². The molecular weight excluding hydrogens is 459 g/mol. The minimum atomic E-state index is -4.68. The van der Waals surface area contributed by atoms with Crippen LogP contribution in [0.4, 0.5) is 18.0 Å². The van der Waals surface area contributed by atoms with Crippen LogP contribution in [0.3, 0.4) is 0 Å².